The Morgan fingerprint density at radius 2 is 2.05 bits per heavy atom. The first kappa shape index (κ1) is 16.6. The van der Waals surface area contributed by atoms with E-state index in [1.54, 1.807) is 0 Å². The molecule has 1 aromatic carbocycles. The second kappa shape index (κ2) is 7.51. The van der Waals surface area contributed by atoms with Crippen molar-refractivity contribution in [3.05, 3.63) is 35.7 Å². The fraction of sp³-hybridized carbons (Fsp3) is 0.467. The van der Waals surface area contributed by atoms with E-state index < -0.39 is 9.84 Å². The topological polar surface area (TPSA) is 93.3 Å². The maximum atomic E-state index is 12.0. The largest absolute Gasteiger partial charge is 0.396 e. The fourth-order valence-electron chi connectivity index (χ4n) is 2.09. The number of hydrogen-bond donors (Lipinski definition) is 1. The molecule has 0 amide bonds. The van der Waals surface area contributed by atoms with Gasteiger partial charge >= 0.3 is 0 Å². The van der Waals surface area contributed by atoms with Crippen LogP contribution in [0.15, 0.2) is 28.8 Å². The molecular formula is C15H20N2O4S. The Morgan fingerprint density at radius 3 is 2.77 bits per heavy atom. The van der Waals surface area contributed by atoms with Gasteiger partial charge in [-0.3, -0.25) is 0 Å². The zero-order chi connectivity index (χ0) is 16.0. The van der Waals surface area contributed by atoms with Gasteiger partial charge in [0, 0.05) is 12.2 Å². The summed E-state index contributed by atoms with van der Waals surface area (Å²) in [6.07, 6.45) is 1.84. The van der Waals surface area contributed by atoms with Gasteiger partial charge in [0.25, 0.3) is 5.89 Å². The van der Waals surface area contributed by atoms with Gasteiger partial charge in [-0.05, 0) is 31.9 Å². The lowest BCUT2D eigenvalue weighted by Gasteiger charge is -2.00. The van der Waals surface area contributed by atoms with Crippen molar-refractivity contribution in [1.82, 2.24) is 10.1 Å². The molecular weight excluding hydrogens is 304 g/mol. The summed E-state index contributed by atoms with van der Waals surface area (Å²) in [6, 6.07) is 7.58. The van der Waals surface area contributed by atoms with E-state index in [1.807, 2.05) is 31.2 Å². The molecule has 0 spiro atoms. The molecule has 22 heavy (non-hydrogen) atoms. The Labute approximate surface area is 130 Å². The van der Waals surface area contributed by atoms with E-state index >= 15 is 0 Å². The van der Waals surface area contributed by atoms with Crippen LogP contribution in [-0.2, 0) is 15.6 Å². The minimum atomic E-state index is -3.26. The third kappa shape index (κ3) is 4.92. The lowest BCUT2D eigenvalue weighted by Crippen LogP contribution is -2.10. The maximum Gasteiger partial charge on any atom is 0.257 e. The Balaban J connectivity index is 1.99. The Bertz CT molecular complexity index is 710. The van der Waals surface area contributed by atoms with Gasteiger partial charge in [-0.2, -0.15) is 4.98 Å². The summed E-state index contributed by atoms with van der Waals surface area (Å²) in [5, 5.41) is 12.4. The van der Waals surface area contributed by atoms with E-state index in [4.69, 9.17) is 9.63 Å². The second-order valence-corrected chi connectivity index (χ2v) is 7.45. The van der Waals surface area contributed by atoms with Gasteiger partial charge in [0.2, 0.25) is 0 Å². The highest BCUT2D eigenvalue weighted by Gasteiger charge is 2.17. The van der Waals surface area contributed by atoms with Crippen LogP contribution in [-0.4, -0.2) is 36.0 Å². The van der Waals surface area contributed by atoms with Gasteiger partial charge in [-0.25, -0.2) is 8.42 Å². The van der Waals surface area contributed by atoms with Crippen LogP contribution in [0.3, 0.4) is 0 Å². The Hall–Kier alpha value is -1.73. The van der Waals surface area contributed by atoms with Crippen LogP contribution in [0, 0.1) is 6.92 Å². The third-order valence-corrected chi connectivity index (χ3v) is 4.80. The summed E-state index contributed by atoms with van der Waals surface area (Å²) in [5.41, 5.74) is 1.84. The van der Waals surface area contributed by atoms with Crippen molar-refractivity contribution in [2.45, 2.75) is 31.9 Å². The first-order valence-corrected chi connectivity index (χ1v) is 9.03. The molecule has 0 saturated heterocycles. The van der Waals surface area contributed by atoms with E-state index in [-0.39, 0.29) is 23.9 Å². The molecule has 6 nitrogen and oxygen atoms in total. The minimum Gasteiger partial charge on any atom is -0.396 e. The van der Waals surface area contributed by atoms with E-state index in [9.17, 15) is 8.42 Å². The number of hydrogen-bond acceptors (Lipinski definition) is 6. The van der Waals surface area contributed by atoms with E-state index in [2.05, 4.69) is 10.1 Å². The van der Waals surface area contributed by atoms with Crippen LogP contribution >= 0.6 is 0 Å². The molecule has 1 heterocycles. The average molecular weight is 324 g/mol. The number of sulfone groups is 1. The number of nitrogens with zero attached hydrogens (tertiary/aromatic N) is 2. The summed E-state index contributed by atoms with van der Waals surface area (Å²) in [7, 11) is -3.26. The van der Waals surface area contributed by atoms with Crippen molar-refractivity contribution in [3.8, 4) is 11.5 Å². The highest BCUT2D eigenvalue weighted by Crippen LogP contribution is 2.19. The van der Waals surface area contributed by atoms with E-state index in [0.717, 1.165) is 11.1 Å². The summed E-state index contributed by atoms with van der Waals surface area (Å²) in [5.74, 6) is 0.357. The summed E-state index contributed by atoms with van der Waals surface area (Å²) in [4.78, 5) is 4.15. The van der Waals surface area contributed by atoms with Crippen molar-refractivity contribution >= 4 is 9.84 Å². The minimum absolute atomic E-state index is 0.0708. The molecule has 2 rings (SSSR count). The number of aromatic nitrogens is 2. The summed E-state index contributed by atoms with van der Waals surface area (Å²) >= 11 is 0. The molecule has 1 aromatic heterocycles. The number of aliphatic hydroxyl groups excluding tert-OH is 1. The van der Waals surface area contributed by atoms with Gasteiger partial charge < -0.3 is 9.63 Å². The van der Waals surface area contributed by atoms with E-state index in [0.29, 0.717) is 25.2 Å². The lowest BCUT2D eigenvalue weighted by atomic mass is 10.1. The SMILES string of the molecule is Cc1cccc(-c2nc(CS(=O)(=O)CCCCCO)no2)c1. The van der Waals surface area contributed by atoms with Gasteiger partial charge in [-0.1, -0.05) is 29.3 Å². The highest BCUT2D eigenvalue weighted by molar-refractivity contribution is 7.90. The van der Waals surface area contributed by atoms with Gasteiger partial charge in [0.05, 0.1) is 5.75 Å². The van der Waals surface area contributed by atoms with Crippen LogP contribution in [0.2, 0.25) is 0 Å². The molecule has 0 fully saturated rings. The van der Waals surface area contributed by atoms with Crippen LogP contribution in [0.25, 0.3) is 11.5 Å². The molecule has 0 aliphatic carbocycles. The molecule has 120 valence electrons. The van der Waals surface area contributed by atoms with Gasteiger partial charge in [0.1, 0.15) is 5.75 Å². The first-order valence-electron chi connectivity index (χ1n) is 7.21. The van der Waals surface area contributed by atoms with Crippen molar-refractivity contribution in [2.75, 3.05) is 12.4 Å². The Morgan fingerprint density at radius 1 is 1.23 bits per heavy atom. The van der Waals surface area contributed by atoms with Crippen LogP contribution in [0.5, 0.6) is 0 Å². The number of aliphatic hydroxyl groups is 1. The second-order valence-electron chi connectivity index (χ2n) is 5.26. The van der Waals surface area contributed by atoms with Gasteiger partial charge in [-0.15, -0.1) is 0 Å². The number of aryl methyl sites for hydroxylation is 1. The molecule has 1 N–H and O–H groups in total. The number of unbranched alkanes of at least 4 members (excludes halogenated alkanes) is 2. The van der Waals surface area contributed by atoms with Crippen LogP contribution < -0.4 is 0 Å². The zero-order valence-electron chi connectivity index (χ0n) is 12.5. The monoisotopic (exact) mass is 324 g/mol. The summed E-state index contributed by atoms with van der Waals surface area (Å²) < 4.78 is 29.1. The predicted octanol–water partition coefficient (Wildman–Crippen LogP) is 2.12. The molecule has 0 aliphatic rings. The number of benzene rings is 1. The first-order chi connectivity index (χ1) is 10.5. The lowest BCUT2D eigenvalue weighted by molar-refractivity contribution is 0.284. The normalized spacial score (nSPS) is 11.7. The molecule has 2 aromatic rings. The van der Waals surface area contributed by atoms with Crippen LogP contribution in [0.1, 0.15) is 30.7 Å². The van der Waals surface area contributed by atoms with Crippen LogP contribution in [0.4, 0.5) is 0 Å². The zero-order valence-corrected chi connectivity index (χ0v) is 13.3. The maximum absolute atomic E-state index is 12.0. The van der Waals surface area contributed by atoms with Crippen molar-refractivity contribution in [3.63, 3.8) is 0 Å². The van der Waals surface area contributed by atoms with Crippen molar-refractivity contribution < 1.29 is 18.0 Å². The quantitative estimate of drug-likeness (QED) is 0.748. The molecule has 0 atom stereocenters. The van der Waals surface area contributed by atoms with Crippen molar-refractivity contribution in [1.29, 1.82) is 0 Å². The van der Waals surface area contributed by atoms with E-state index in [1.165, 1.54) is 0 Å². The highest BCUT2D eigenvalue weighted by atomic mass is 32.2. The average Bonchev–Trinajstić information content (AvgIpc) is 2.91. The molecule has 7 heteroatoms. The molecule has 0 bridgehead atoms. The number of rotatable bonds is 8. The molecule has 0 saturated carbocycles. The standard InChI is InChI=1S/C15H20N2O4S/c1-12-6-5-7-13(10-12)15-16-14(17-21-15)11-22(19,20)9-4-2-3-8-18/h5-7,10,18H,2-4,8-9,11H2,1H3. The predicted molar refractivity (Wildman–Crippen MR) is 82.9 cm³/mol. The third-order valence-electron chi connectivity index (χ3n) is 3.20. The summed E-state index contributed by atoms with van der Waals surface area (Å²) in [6.45, 7) is 2.04. The molecule has 0 radical (unpaired) electrons. The van der Waals surface area contributed by atoms with Gasteiger partial charge in [0.15, 0.2) is 15.7 Å². The Kier molecular flexibility index (Phi) is 5.68. The molecule has 0 unspecified atom stereocenters. The fourth-order valence-corrected chi connectivity index (χ4v) is 3.39. The smallest absolute Gasteiger partial charge is 0.257 e. The van der Waals surface area contributed by atoms with Crippen molar-refractivity contribution in [2.24, 2.45) is 0 Å². The molecule has 0 aliphatic heterocycles.